The largest absolute Gasteiger partial charge is 0.490 e. The molecule has 1 heterocycles. The third kappa shape index (κ3) is 6.04. The van der Waals surface area contributed by atoms with Gasteiger partial charge in [0.2, 0.25) is 0 Å². The summed E-state index contributed by atoms with van der Waals surface area (Å²) in [4.78, 5) is 2.45. The van der Waals surface area contributed by atoms with Crippen molar-refractivity contribution in [2.24, 2.45) is 11.8 Å². The molecule has 1 fully saturated rings. The van der Waals surface area contributed by atoms with Crippen LogP contribution < -0.4 is 9.47 Å². The van der Waals surface area contributed by atoms with Crippen LogP contribution in [0.4, 0.5) is 0 Å². The summed E-state index contributed by atoms with van der Waals surface area (Å²) in [5, 5.41) is 11.0. The van der Waals surface area contributed by atoms with Gasteiger partial charge < -0.3 is 19.5 Å². The number of rotatable bonds is 9. The SMILES string of the molecule is CCCN1CCC(O)C(Cc2cc(Cl)c(OCC(C)C)c(OCC)c2)C1. The molecular weight excluding hydrogens is 350 g/mol. The van der Waals surface area contributed by atoms with Gasteiger partial charge in [0, 0.05) is 19.0 Å². The van der Waals surface area contributed by atoms with E-state index in [0.717, 1.165) is 44.5 Å². The minimum atomic E-state index is -0.255. The smallest absolute Gasteiger partial charge is 0.179 e. The second-order valence-corrected chi connectivity index (χ2v) is 8.07. The predicted molar refractivity (Wildman–Crippen MR) is 108 cm³/mol. The molecule has 1 aliphatic rings. The molecule has 2 atom stereocenters. The second kappa shape index (κ2) is 10.4. The van der Waals surface area contributed by atoms with Crippen LogP contribution in [0.1, 0.15) is 46.1 Å². The van der Waals surface area contributed by atoms with Gasteiger partial charge in [-0.1, -0.05) is 32.4 Å². The average molecular weight is 384 g/mol. The van der Waals surface area contributed by atoms with E-state index in [4.69, 9.17) is 21.1 Å². The Morgan fingerprint density at radius 1 is 1.27 bits per heavy atom. The third-order valence-electron chi connectivity index (χ3n) is 4.75. The zero-order chi connectivity index (χ0) is 19.1. The van der Waals surface area contributed by atoms with Crippen molar-refractivity contribution in [3.8, 4) is 11.5 Å². The summed E-state index contributed by atoms with van der Waals surface area (Å²) in [6, 6.07) is 3.99. The summed E-state index contributed by atoms with van der Waals surface area (Å²) in [6.07, 6.45) is 2.53. The quantitative estimate of drug-likeness (QED) is 0.685. The highest BCUT2D eigenvalue weighted by Crippen LogP contribution is 2.38. The molecule has 0 radical (unpaired) electrons. The van der Waals surface area contributed by atoms with Crippen molar-refractivity contribution >= 4 is 11.6 Å². The van der Waals surface area contributed by atoms with Crippen molar-refractivity contribution in [2.45, 2.75) is 53.1 Å². The summed E-state index contributed by atoms with van der Waals surface area (Å²) in [6.45, 7) is 12.5. The number of hydrogen-bond acceptors (Lipinski definition) is 4. The lowest BCUT2D eigenvalue weighted by atomic mass is 9.88. The van der Waals surface area contributed by atoms with E-state index in [1.54, 1.807) is 0 Å². The first-order chi connectivity index (χ1) is 12.4. The molecule has 1 saturated heterocycles. The van der Waals surface area contributed by atoms with Gasteiger partial charge >= 0.3 is 0 Å². The monoisotopic (exact) mass is 383 g/mol. The van der Waals surface area contributed by atoms with E-state index in [9.17, 15) is 5.11 Å². The molecule has 0 aromatic heterocycles. The molecule has 1 aromatic carbocycles. The lowest BCUT2D eigenvalue weighted by Gasteiger charge is -2.36. The highest BCUT2D eigenvalue weighted by Gasteiger charge is 2.28. The van der Waals surface area contributed by atoms with E-state index in [1.807, 2.05) is 19.1 Å². The molecule has 0 aliphatic carbocycles. The number of aliphatic hydroxyl groups is 1. The Morgan fingerprint density at radius 2 is 2.04 bits per heavy atom. The standard InChI is InChI=1S/C21H34ClNO3/c1-5-8-23-9-7-19(24)17(13-23)10-16-11-18(22)21(26-14-15(3)4)20(12-16)25-6-2/h11-12,15,17,19,24H,5-10,13-14H2,1-4H3. The van der Waals surface area contributed by atoms with Gasteiger partial charge in [0.15, 0.2) is 11.5 Å². The van der Waals surface area contributed by atoms with E-state index >= 15 is 0 Å². The Bertz CT molecular complexity index is 564. The highest BCUT2D eigenvalue weighted by molar-refractivity contribution is 6.32. The average Bonchev–Trinajstić information content (AvgIpc) is 2.57. The number of likely N-dealkylation sites (tertiary alicyclic amines) is 1. The zero-order valence-electron chi connectivity index (χ0n) is 16.6. The topological polar surface area (TPSA) is 41.9 Å². The molecule has 1 aliphatic heterocycles. The fourth-order valence-electron chi connectivity index (χ4n) is 3.51. The van der Waals surface area contributed by atoms with E-state index in [2.05, 4.69) is 25.7 Å². The molecule has 1 N–H and O–H groups in total. The van der Waals surface area contributed by atoms with Crippen LogP contribution in [0, 0.1) is 11.8 Å². The van der Waals surface area contributed by atoms with Gasteiger partial charge in [0.05, 0.1) is 24.3 Å². The van der Waals surface area contributed by atoms with E-state index in [1.165, 1.54) is 0 Å². The van der Waals surface area contributed by atoms with Crippen molar-refractivity contribution in [3.63, 3.8) is 0 Å². The number of hydrogen-bond donors (Lipinski definition) is 1. The maximum atomic E-state index is 10.4. The van der Waals surface area contributed by atoms with Crippen LogP contribution in [-0.4, -0.2) is 49.0 Å². The van der Waals surface area contributed by atoms with Crippen molar-refractivity contribution in [1.82, 2.24) is 4.90 Å². The molecule has 0 bridgehead atoms. The van der Waals surface area contributed by atoms with E-state index in [-0.39, 0.29) is 12.0 Å². The van der Waals surface area contributed by atoms with Gasteiger partial charge in [0.1, 0.15) is 0 Å². The maximum Gasteiger partial charge on any atom is 0.179 e. The molecule has 2 rings (SSSR count). The summed E-state index contributed by atoms with van der Waals surface area (Å²) in [7, 11) is 0. The van der Waals surface area contributed by atoms with Crippen LogP contribution in [0.3, 0.4) is 0 Å². The van der Waals surface area contributed by atoms with E-state index in [0.29, 0.717) is 35.7 Å². The van der Waals surface area contributed by atoms with Crippen LogP contribution in [-0.2, 0) is 6.42 Å². The third-order valence-corrected chi connectivity index (χ3v) is 5.03. The van der Waals surface area contributed by atoms with Crippen molar-refractivity contribution in [1.29, 1.82) is 0 Å². The Hall–Kier alpha value is -0.970. The first-order valence-corrected chi connectivity index (χ1v) is 10.3. The van der Waals surface area contributed by atoms with Crippen LogP contribution in [0.5, 0.6) is 11.5 Å². The van der Waals surface area contributed by atoms with Gasteiger partial charge in [-0.15, -0.1) is 0 Å². The van der Waals surface area contributed by atoms with Crippen molar-refractivity contribution < 1.29 is 14.6 Å². The Morgan fingerprint density at radius 3 is 2.69 bits per heavy atom. The Balaban J connectivity index is 2.15. The fourth-order valence-corrected chi connectivity index (χ4v) is 3.80. The number of ether oxygens (including phenoxy) is 2. The van der Waals surface area contributed by atoms with Gasteiger partial charge in [-0.2, -0.15) is 0 Å². The fraction of sp³-hybridized carbons (Fsp3) is 0.714. The first-order valence-electron chi connectivity index (χ1n) is 9.92. The molecular formula is C21H34ClNO3. The number of piperidine rings is 1. The maximum absolute atomic E-state index is 10.4. The minimum Gasteiger partial charge on any atom is -0.490 e. The van der Waals surface area contributed by atoms with Crippen LogP contribution in [0.15, 0.2) is 12.1 Å². The number of benzene rings is 1. The summed E-state index contributed by atoms with van der Waals surface area (Å²) < 4.78 is 11.7. The van der Waals surface area contributed by atoms with Crippen LogP contribution in [0.2, 0.25) is 5.02 Å². The number of halogens is 1. The predicted octanol–water partition coefficient (Wildman–Crippen LogP) is 4.41. The first kappa shape index (κ1) is 21.3. The van der Waals surface area contributed by atoms with Gasteiger partial charge in [-0.3, -0.25) is 0 Å². The lowest BCUT2D eigenvalue weighted by Crippen LogP contribution is -2.44. The Labute approximate surface area is 163 Å². The normalized spacial score (nSPS) is 21.2. The van der Waals surface area contributed by atoms with Crippen molar-refractivity contribution in [2.75, 3.05) is 32.8 Å². The van der Waals surface area contributed by atoms with Gasteiger partial charge in [-0.25, -0.2) is 0 Å². The lowest BCUT2D eigenvalue weighted by molar-refractivity contribution is 0.0270. The number of aliphatic hydroxyl groups excluding tert-OH is 1. The molecule has 26 heavy (non-hydrogen) atoms. The minimum absolute atomic E-state index is 0.225. The van der Waals surface area contributed by atoms with Gasteiger partial charge in [-0.05, 0) is 56.3 Å². The molecule has 0 amide bonds. The van der Waals surface area contributed by atoms with E-state index < -0.39 is 0 Å². The molecule has 2 unspecified atom stereocenters. The summed E-state index contributed by atoms with van der Waals surface area (Å²) >= 11 is 6.51. The molecule has 0 spiro atoms. The zero-order valence-corrected chi connectivity index (χ0v) is 17.4. The summed E-state index contributed by atoms with van der Waals surface area (Å²) in [5.74, 6) is 1.97. The molecule has 1 aromatic rings. The highest BCUT2D eigenvalue weighted by atomic mass is 35.5. The number of nitrogens with zero attached hydrogens (tertiary/aromatic N) is 1. The molecule has 148 valence electrons. The molecule has 0 saturated carbocycles. The summed E-state index contributed by atoms with van der Waals surface area (Å²) in [5.41, 5.74) is 1.10. The van der Waals surface area contributed by atoms with Crippen LogP contribution >= 0.6 is 11.6 Å². The van der Waals surface area contributed by atoms with Crippen molar-refractivity contribution in [3.05, 3.63) is 22.7 Å². The Kier molecular flexibility index (Phi) is 8.52. The van der Waals surface area contributed by atoms with Gasteiger partial charge in [0.25, 0.3) is 0 Å². The molecule has 4 nitrogen and oxygen atoms in total. The van der Waals surface area contributed by atoms with Crippen LogP contribution in [0.25, 0.3) is 0 Å². The molecule has 5 heteroatoms. The second-order valence-electron chi connectivity index (χ2n) is 7.66.